The average Bonchev–Trinajstić information content (AvgIpc) is 3.05. The first-order valence-corrected chi connectivity index (χ1v) is 8.97. The van der Waals surface area contributed by atoms with Crippen molar-refractivity contribution in [2.24, 2.45) is 5.92 Å². The molecule has 3 aromatic rings. The molecule has 1 heterocycles. The summed E-state index contributed by atoms with van der Waals surface area (Å²) >= 11 is 0. The molecule has 1 atom stereocenters. The summed E-state index contributed by atoms with van der Waals surface area (Å²) < 4.78 is 4.84. The van der Waals surface area contributed by atoms with Gasteiger partial charge in [0.25, 0.3) is 0 Å². The van der Waals surface area contributed by atoms with Crippen LogP contribution in [0, 0.1) is 5.92 Å². The number of methoxy groups -OCH3 is 1. The van der Waals surface area contributed by atoms with E-state index in [1.165, 1.54) is 11.9 Å². The van der Waals surface area contributed by atoms with Gasteiger partial charge in [0.15, 0.2) is 0 Å². The van der Waals surface area contributed by atoms with Crippen LogP contribution in [-0.2, 0) is 21.4 Å². The molecule has 0 saturated heterocycles. The van der Waals surface area contributed by atoms with Crippen molar-refractivity contribution >= 4 is 17.0 Å². The highest BCUT2D eigenvalue weighted by molar-refractivity contribution is 5.74. The molecule has 0 amide bonds. The Balaban J connectivity index is 2.14. The molecule has 3 rings (SSSR count). The molecule has 142 valence electrons. The van der Waals surface area contributed by atoms with Crippen molar-refractivity contribution in [2.45, 2.75) is 39.5 Å². The second-order valence-corrected chi connectivity index (χ2v) is 7.87. The number of hydrogen-bond acceptors (Lipinski definition) is 5. The molecule has 6 nitrogen and oxygen atoms in total. The lowest BCUT2D eigenvalue weighted by Crippen LogP contribution is -2.17. The highest BCUT2D eigenvalue weighted by Crippen LogP contribution is 2.36. The zero-order valence-electron chi connectivity index (χ0n) is 16.4. The Labute approximate surface area is 158 Å². The van der Waals surface area contributed by atoms with E-state index in [4.69, 9.17) is 4.74 Å². The quantitative estimate of drug-likeness (QED) is 0.710. The summed E-state index contributed by atoms with van der Waals surface area (Å²) in [6.45, 7) is 7.93. The number of phenolic OH excluding ortho intramolecular Hbond substituents is 1. The fourth-order valence-corrected chi connectivity index (χ4v) is 3.12. The molecule has 1 N–H and O–H groups in total. The van der Waals surface area contributed by atoms with Crippen molar-refractivity contribution in [1.82, 2.24) is 15.0 Å². The first kappa shape index (κ1) is 18.9. The summed E-state index contributed by atoms with van der Waals surface area (Å²) in [6.07, 6.45) is 0.504. The SMILES string of the molecule is COC(=O)C(C)Cc1cc(-n2nc3ccccc3n2)c(O)c(C(C)(C)C)c1. The largest absolute Gasteiger partial charge is 0.505 e. The number of carbonyl (C=O) groups is 1. The second-order valence-electron chi connectivity index (χ2n) is 7.87. The van der Waals surface area contributed by atoms with Crippen LogP contribution in [0.15, 0.2) is 36.4 Å². The van der Waals surface area contributed by atoms with Gasteiger partial charge >= 0.3 is 5.97 Å². The van der Waals surface area contributed by atoms with E-state index in [1.54, 1.807) is 0 Å². The molecule has 1 aromatic heterocycles. The normalized spacial score (nSPS) is 12.9. The Hall–Kier alpha value is -2.89. The van der Waals surface area contributed by atoms with Crippen molar-refractivity contribution in [3.05, 3.63) is 47.5 Å². The van der Waals surface area contributed by atoms with Gasteiger partial charge in [0, 0.05) is 5.56 Å². The maximum absolute atomic E-state index is 11.8. The molecule has 27 heavy (non-hydrogen) atoms. The topological polar surface area (TPSA) is 77.2 Å². The van der Waals surface area contributed by atoms with Crippen molar-refractivity contribution < 1.29 is 14.6 Å². The lowest BCUT2D eigenvalue weighted by molar-refractivity contribution is -0.144. The molecule has 0 spiro atoms. The van der Waals surface area contributed by atoms with Crippen LogP contribution in [0.2, 0.25) is 0 Å². The van der Waals surface area contributed by atoms with Crippen molar-refractivity contribution in [1.29, 1.82) is 0 Å². The Morgan fingerprint density at radius 1 is 1.19 bits per heavy atom. The summed E-state index contributed by atoms with van der Waals surface area (Å²) in [5.41, 5.74) is 3.44. The monoisotopic (exact) mass is 367 g/mol. The van der Waals surface area contributed by atoms with Gasteiger partial charge in [0.1, 0.15) is 22.5 Å². The van der Waals surface area contributed by atoms with E-state index >= 15 is 0 Å². The van der Waals surface area contributed by atoms with Crippen LogP contribution >= 0.6 is 0 Å². The molecular formula is C21H25N3O3. The summed E-state index contributed by atoms with van der Waals surface area (Å²) in [6, 6.07) is 11.3. The fraction of sp³-hybridized carbons (Fsp3) is 0.381. The number of ether oxygens (including phenoxy) is 1. The van der Waals surface area contributed by atoms with Gasteiger partial charge < -0.3 is 9.84 Å². The molecule has 0 aliphatic heterocycles. The van der Waals surface area contributed by atoms with Crippen LogP contribution in [0.3, 0.4) is 0 Å². The van der Waals surface area contributed by atoms with Gasteiger partial charge in [-0.2, -0.15) is 0 Å². The Kier molecular flexibility index (Phi) is 4.91. The van der Waals surface area contributed by atoms with Crippen LogP contribution in [0.4, 0.5) is 0 Å². The van der Waals surface area contributed by atoms with Gasteiger partial charge in [-0.25, -0.2) is 0 Å². The summed E-state index contributed by atoms with van der Waals surface area (Å²) in [5.74, 6) is -0.396. The first-order chi connectivity index (χ1) is 12.7. The van der Waals surface area contributed by atoms with Gasteiger partial charge in [0.2, 0.25) is 0 Å². The number of hydrogen-bond donors (Lipinski definition) is 1. The zero-order valence-corrected chi connectivity index (χ0v) is 16.4. The van der Waals surface area contributed by atoms with E-state index < -0.39 is 0 Å². The van der Waals surface area contributed by atoms with Gasteiger partial charge in [-0.3, -0.25) is 4.79 Å². The summed E-state index contributed by atoms with van der Waals surface area (Å²) in [7, 11) is 1.39. The number of benzene rings is 2. The molecular weight excluding hydrogens is 342 g/mol. The third kappa shape index (κ3) is 3.79. The van der Waals surface area contributed by atoms with E-state index in [-0.39, 0.29) is 23.1 Å². The number of esters is 1. The van der Waals surface area contributed by atoms with Crippen LogP contribution in [-0.4, -0.2) is 33.2 Å². The lowest BCUT2D eigenvalue weighted by atomic mass is 9.84. The Morgan fingerprint density at radius 2 is 1.78 bits per heavy atom. The predicted molar refractivity (Wildman–Crippen MR) is 104 cm³/mol. The van der Waals surface area contributed by atoms with E-state index in [1.807, 2.05) is 64.1 Å². The molecule has 0 aliphatic rings. The van der Waals surface area contributed by atoms with Crippen molar-refractivity contribution in [3.8, 4) is 11.4 Å². The number of carbonyl (C=O) groups excluding carboxylic acids is 1. The van der Waals surface area contributed by atoms with Gasteiger partial charge in [0.05, 0.1) is 13.0 Å². The summed E-state index contributed by atoms with van der Waals surface area (Å²) in [4.78, 5) is 13.3. The van der Waals surface area contributed by atoms with Crippen molar-refractivity contribution in [2.75, 3.05) is 7.11 Å². The van der Waals surface area contributed by atoms with Crippen LogP contribution in [0.25, 0.3) is 16.7 Å². The fourth-order valence-electron chi connectivity index (χ4n) is 3.12. The van der Waals surface area contributed by atoms with E-state index in [0.717, 1.165) is 22.2 Å². The third-order valence-electron chi connectivity index (χ3n) is 4.61. The number of phenols is 1. The molecule has 2 aromatic carbocycles. The van der Waals surface area contributed by atoms with E-state index in [0.29, 0.717) is 12.1 Å². The maximum Gasteiger partial charge on any atom is 0.308 e. The second kappa shape index (κ2) is 7.02. The molecule has 0 bridgehead atoms. The Morgan fingerprint density at radius 3 is 2.30 bits per heavy atom. The lowest BCUT2D eigenvalue weighted by Gasteiger charge is -2.23. The van der Waals surface area contributed by atoms with Crippen LogP contribution in [0.1, 0.15) is 38.8 Å². The highest BCUT2D eigenvalue weighted by Gasteiger charge is 2.24. The van der Waals surface area contributed by atoms with E-state index in [2.05, 4.69) is 10.2 Å². The number of fused-ring (bicyclic) bond motifs is 1. The van der Waals surface area contributed by atoms with Crippen molar-refractivity contribution in [3.63, 3.8) is 0 Å². The molecule has 0 aliphatic carbocycles. The minimum Gasteiger partial charge on any atom is -0.505 e. The van der Waals surface area contributed by atoms with Crippen LogP contribution < -0.4 is 0 Å². The van der Waals surface area contributed by atoms with Gasteiger partial charge in [-0.15, -0.1) is 15.0 Å². The predicted octanol–water partition coefficient (Wildman–Crippen LogP) is 3.78. The van der Waals surface area contributed by atoms with E-state index in [9.17, 15) is 9.90 Å². The average molecular weight is 367 g/mol. The third-order valence-corrected chi connectivity index (χ3v) is 4.61. The molecule has 6 heteroatoms. The molecule has 0 radical (unpaired) electrons. The molecule has 1 unspecified atom stereocenters. The Bertz CT molecular complexity index is 953. The number of aromatic nitrogens is 3. The van der Waals surface area contributed by atoms with Crippen LogP contribution in [0.5, 0.6) is 5.75 Å². The minimum absolute atomic E-state index is 0.150. The first-order valence-electron chi connectivity index (χ1n) is 8.97. The smallest absolute Gasteiger partial charge is 0.308 e. The standard InChI is InChI=1S/C21H25N3O3/c1-13(20(26)27-5)10-14-11-15(21(2,3)4)19(25)18(12-14)24-22-16-8-6-7-9-17(16)23-24/h6-9,11-13,25H,10H2,1-5H3. The number of nitrogens with zero attached hydrogens (tertiary/aromatic N) is 3. The summed E-state index contributed by atoms with van der Waals surface area (Å²) in [5, 5.41) is 19.9. The van der Waals surface area contributed by atoms with Gasteiger partial charge in [-0.05, 0) is 35.6 Å². The van der Waals surface area contributed by atoms with Gasteiger partial charge in [-0.1, -0.05) is 45.9 Å². The highest BCUT2D eigenvalue weighted by atomic mass is 16.5. The number of rotatable bonds is 4. The minimum atomic E-state index is -0.287. The zero-order chi connectivity index (χ0) is 19.8. The number of aromatic hydroxyl groups is 1. The molecule has 0 fully saturated rings. The molecule has 0 saturated carbocycles. The maximum atomic E-state index is 11.8.